The minimum Gasteiger partial charge on any atom is -0.247 e. The molecule has 0 radical (unpaired) electrons. The van der Waals surface area contributed by atoms with Crippen LogP contribution in [0.2, 0.25) is 0 Å². The first-order valence-electron chi connectivity index (χ1n) is 8.86. The van der Waals surface area contributed by atoms with E-state index in [0.29, 0.717) is 0 Å². The SMILES string of the molecule is CCC/C1=C(\C=C\CC/C=C\C=C/CF)C/C=C(C)\C=C/CC1. The summed E-state index contributed by atoms with van der Waals surface area (Å²) in [6.45, 7) is 4.05. The zero-order chi connectivity index (χ0) is 16.8. The van der Waals surface area contributed by atoms with Crippen LogP contribution in [-0.4, -0.2) is 6.67 Å². The molecule has 0 aromatic heterocycles. The summed E-state index contributed by atoms with van der Waals surface area (Å²) in [5.74, 6) is 0. The summed E-state index contributed by atoms with van der Waals surface area (Å²) in [4.78, 5) is 0. The van der Waals surface area contributed by atoms with Crippen molar-refractivity contribution in [3.8, 4) is 0 Å². The molecule has 0 bridgehead atoms. The van der Waals surface area contributed by atoms with Crippen LogP contribution in [0, 0.1) is 0 Å². The van der Waals surface area contributed by atoms with Crippen molar-refractivity contribution in [2.75, 3.05) is 6.67 Å². The van der Waals surface area contributed by atoms with Crippen molar-refractivity contribution in [1.29, 1.82) is 0 Å². The molecule has 23 heavy (non-hydrogen) atoms. The summed E-state index contributed by atoms with van der Waals surface area (Å²) in [6.07, 6.45) is 26.6. The molecule has 0 heterocycles. The zero-order valence-corrected chi connectivity index (χ0v) is 14.7. The number of alkyl halides is 1. The quantitative estimate of drug-likeness (QED) is 0.328. The van der Waals surface area contributed by atoms with Gasteiger partial charge in [-0.05, 0) is 51.0 Å². The molecular formula is C22H31F. The summed E-state index contributed by atoms with van der Waals surface area (Å²) in [5.41, 5.74) is 4.47. The minimum absolute atomic E-state index is 0.388. The highest BCUT2D eigenvalue weighted by Crippen LogP contribution is 2.24. The monoisotopic (exact) mass is 314 g/mol. The summed E-state index contributed by atoms with van der Waals surface area (Å²) >= 11 is 0. The Morgan fingerprint density at radius 2 is 1.91 bits per heavy atom. The highest BCUT2D eigenvalue weighted by Gasteiger charge is 2.04. The van der Waals surface area contributed by atoms with E-state index < -0.39 is 0 Å². The second-order valence-electron chi connectivity index (χ2n) is 5.96. The van der Waals surface area contributed by atoms with Gasteiger partial charge in [-0.2, -0.15) is 0 Å². The van der Waals surface area contributed by atoms with Crippen molar-refractivity contribution < 1.29 is 4.39 Å². The van der Waals surface area contributed by atoms with E-state index >= 15 is 0 Å². The number of hydrogen-bond acceptors (Lipinski definition) is 0. The zero-order valence-electron chi connectivity index (χ0n) is 14.7. The number of allylic oxidation sites excluding steroid dienone is 12. The van der Waals surface area contributed by atoms with Gasteiger partial charge in [0.2, 0.25) is 0 Å². The van der Waals surface area contributed by atoms with Gasteiger partial charge in [-0.3, -0.25) is 0 Å². The smallest absolute Gasteiger partial charge is 0.108 e. The van der Waals surface area contributed by atoms with Crippen molar-refractivity contribution in [2.45, 2.75) is 58.8 Å². The second-order valence-corrected chi connectivity index (χ2v) is 5.96. The molecule has 1 heteroatoms. The molecule has 1 rings (SSSR count). The van der Waals surface area contributed by atoms with Crippen molar-refractivity contribution in [2.24, 2.45) is 0 Å². The Morgan fingerprint density at radius 1 is 1.13 bits per heavy atom. The maximum absolute atomic E-state index is 11.9. The topological polar surface area (TPSA) is 0 Å². The minimum atomic E-state index is -0.388. The maximum Gasteiger partial charge on any atom is 0.108 e. The molecule has 1 aliphatic rings. The lowest BCUT2D eigenvalue weighted by molar-refractivity contribution is 0.562. The maximum atomic E-state index is 11.9. The van der Waals surface area contributed by atoms with E-state index in [0.717, 1.165) is 25.7 Å². The van der Waals surface area contributed by atoms with Crippen LogP contribution in [-0.2, 0) is 0 Å². The summed E-state index contributed by atoms with van der Waals surface area (Å²) in [7, 11) is 0. The Bertz CT molecular complexity index is 498. The molecule has 0 aromatic rings. The normalized spacial score (nSPS) is 23.9. The summed E-state index contributed by atoms with van der Waals surface area (Å²) in [6, 6.07) is 0. The van der Waals surface area contributed by atoms with Crippen LogP contribution in [0.4, 0.5) is 4.39 Å². The van der Waals surface area contributed by atoms with Gasteiger partial charge in [0.05, 0.1) is 0 Å². The van der Waals surface area contributed by atoms with E-state index in [-0.39, 0.29) is 6.67 Å². The molecule has 0 saturated heterocycles. The van der Waals surface area contributed by atoms with E-state index in [4.69, 9.17) is 0 Å². The number of unbranched alkanes of at least 4 members (excludes halogenated alkanes) is 1. The van der Waals surface area contributed by atoms with E-state index in [9.17, 15) is 4.39 Å². The van der Waals surface area contributed by atoms with Gasteiger partial charge in [-0.15, -0.1) is 0 Å². The van der Waals surface area contributed by atoms with Gasteiger partial charge in [-0.25, -0.2) is 4.39 Å². The van der Waals surface area contributed by atoms with Gasteiger partial charge in [0.25, 0.3) is 0 Å². The second kappa shape index (κ2) is 12.9. The Labute approximate surface area is 141 Å². The van der Waals surface area contributed by atoms with Crippen molar-refractivity contribution in [3.63, 3.8) is 0 Å². The fourth-order valence-corrected chi connectivity index (χ4v) is 2.67. The average Bonchev–Trinajstić information content (AvgIpc) is 2.63. The van der Waals surface area contributed by atoms with Crippen LogP contribution in [0.3, 0.4) is 0 Å². The molecule has 0 aromatic carbocycles. The van der Waals surface area contributed by atoms with Crippen LogP contribution in [0.25, 0.3) is 0 Å². The van der Waals surface area contributed by atoms with Gasteiger partial charge in [-0.1, -0.05) is 79.2 Å². The van der Waals surface area contributed by atoms with Gasteiger partial charge in [0, 0.05) is 0 Å². The Balaban J connectivity index is 2.64. The number of rotatable bonds is 8. The molecule has 0 fully saturated rings. The van der Waals surface area contributed by atoms with Crippen molar-refractivity contribution >= 4 is 0 Å². The molecule has 0 nitrogen and oxygen atoms in total. The number of hydrogen-bond donors (Lipinski definition) is 0. The van der Waals surface area contributed by atoms with Crippen molar-refractivity contribution in [3.05, 3.63) is 71.4 Å². The lowest BCUT2D eigenvalue weighted by atomic mass is 9.96. The lowest BCUT2D eigenvalue weighted by Crippen LogP contribution is -1.90. The van der Waals surface area contributed by atoms with Crippen LogP contribution in [0.1, 0.15) is 58.8 Å². The Morgan fingerprint density at radius 3 is 2.70 bits per heavy atom. The third kappa shape index (κ3) is 9.18. The highest BCUT2D eigenvalue weighted by atomic mass is 19.1. The first-order chi connectivity index (χ1) is 11.3. The summed E-state index contributed by atoms with van der Waals surface area (Å²) in [5, 5.41) is 0. The van der Waals surface area contributed by atoms with Gasteiger partial charge < -0.3 is 0 Å². The Kier molecular flexibility index (Phi) is 10.9. The third-order valence-corrected chi connectivity index (χ3v) is 3.93. The van der Waals surface area contributed by atoms with Crippen molar-refractivity contribution in [1.82, 2.24) is 0 Å². The van der Waals surface area contributed by atoms with Gasteiger partial charge in [0.1, 0.15) is 6.67 Å². The van der Waals surface area contributed by atoms with E-state index in [1.807, 2.05) is 6.08 Å². The predicted octanol–water partition coefficient (Wildman–Crippen LogP) is 7.19. The summed E-state index contributed by atoms with van der Waals surface area (Å²) < 4.78 is 11.9. The average molecular weight is 314 g/mol. The Hall–Kier alpha value is -1.63. The van der Waals surface area contributed by atoms with E-state index in [1.165, 1.54) is 36.5 Å². The van der Waals surface area contributed by atoms with Crippen LogP contribution in [0.15, 0.2) is 71.4 Å². The first kappa shape index (κ1) is 19.4. The highest BCUT2D eigenvalue weighted by molar-refractivity contribution is 5.32. The van der Waals surface area contributed by atoms with E-state index in [2.05, 4.69) is 50.3 Å². The molecule has 0 N–H and O–H groups in total. The lowest BCUT2D eigenvalue weighted by Gasteiger charge is -2.10. The van der Waals surface area contributed by atoms with Crippen LogP contribution >= 0.6 is 0 Å². The fraction of sp³-hybridized carbons (Fsp3) is 0.455. The van der Waals surface area contributed by atoms with E-state index in [1.54, 1.807) is 11.6 Å². The molecule has 0 atom stereocenters. The van der Waals surface area contributed by atoms with Gasteiger partial charge in [0.15, 0.2) is 0 Å². The third-order valence-electron chi connectivity index (χ3n) is 3.93. The van der Waals surface area contributed by atoms with Gasteiger partial charge >= 0.3 is 0 Å². The first-order valence-corrected chi connectivity index (χ1v) is 8.86. The molecule has 0 spiro atoms. The molecule has 0 aliphatic heterocycles. The van der Waals surface area contributed by atoms with Crippen LogP contribution < -0.4 is 0 Å². The molecular weight excluding hydrogens is 283 g/mol. The molecule has 0 unspecified atom stereocenters. The number of halogens is 1. The molecule has 0 amide bonds. The molecule has 0 saturated carbocycles. The fourth-order valence-electron chi connectivity index (χ4n) is 2.67. The molecule has 126 valence electrons. The largest absolute Gasteiger partial charge is 0.247 e. The van der Waals surface area contributed by atoms with Crippen LogP contribution in [0.5, 0.6) is 0 Å². The predicted molar refractivity (Wildman–Crippen MR) is 101 cm³/mol. The molecule has 1 aliphatic carbocycles. The standard InChI is InChI=1S/C22H31F/c1-3-13-21-16-11-10-14-20(2)17-18-22(21)15-9-7-5-4-6-8-12-19-23/h4,6,8-10,12,14-15,17H,3,5,7,11,13,16,18-19H2,1-2H3/b6-4-,12-8-,14-10-,15-9+,20-17-,22-21-.